The number of thiophene rings is 1. The number of nitrogens with two attached hydrogens (primary N) is 1. The van der Waals surface area contributed by atoms with E-state index in [0.717, 1.165) is 10.4 Å². The number of rotatable bonds is 4. The first kappa shape index (κ1) is 11.8. The molecule has 0 saturated heterocycles. The number of aromatic nitrogens is 2. The van der Waals surface area contributed by atoms with Crippen LogP contribution in [0.4, 0.5) is 11.6 Å². The van der Waals surface area contributed by atoms with Gasteiger partial charge >= 0.3 is 5.69 Å². The van der Waals surface area contributed by atoms with Gasteiger partial charge in [0.05, 0.1) is 9.13 Å². The smallest absolute Gasteiger partial charge is 0.292 e. The molecule has 0 saturated carbocycles. The molecule has 2 aromatic rings. The van der Waals surface area contributed by atoms with Crippen LogP contribution >= 0.6 is 23.1 Å². The number of nitrogen functional groups attached to an aromatic ring is 1. The van der Waals surface area contributed by atoms with E-state index >= 15 is 0 Å². The number of nitrogens with one attached hydrogen (secondary N) is 1. The zero-order chi connectivity index (χ0) is 12.3. The Kier molecular flexibility index (Phi) is 3.52. The molecule has 0 aliphatic heterocycles. The SMILES string of the molecule is NNc1ncc([N+](=O)[O-])c(Sc2cccs2)n1. The van der Waals surface area contributed by atoms with Gasteiger partial charge in [-0.2, -0.15) is 4.98 Å². The molecule has 2 heterocycles. The molecule has 2 rings (SSSR count). The van der Waals surface area contributed by atoms with Crippen molar-refractivity contribution in [2.24, 2.45) is 5.84 Å². The Labute approximate surface area is 104 Å². The number of hydrazine groups is 1. The number of hydrogen-bond acceptors (Lipinski definition) is 8. The van der Waals surface area contributed by atoms with Gasteiger partial charge in [0.1, 0.15) is 6.20 Å². The van der Waals surface area contributed by atoms with E-state index < -0.39 is 4.92 Å². The highest BCUT2D eigenvalue weighted by molar-refractivity contribution is 8.01. The Hall–Kier alpha value is -1.71. The molecule has 0 fully saturated rings. The van der Waals surface area contributed by atoms with Crippen LogP contribution in [-0.2, 0) is 0 Å². The minimum atomic E-state index is -0.518. The summed E-state index contributed by atoms with van der Waals surface area (Å²) in [6.07, 6.45) is 1.14. The third-order valence-corrected chi connectivity index (χ3v) is 3.79. The van der Waals surface area contributed by atoms with Gasteiger partial charge in [-0.15, -0.1) is 11.3 Å². The second-order valence-electron chi connectivity index (χ2n) is 2.82. The number of hydrogen-bond donors (Lipinski definition) is 2. The van der Waals surface area contributed by atoms with E-state index in [2.05, 4.69) is 15.4 Å². The van der Waals surface area contributed by atoms with Crippen molar-refractivity contribution in [3.05, 3.63) is 33.8 Å². The fourth-order valence-electron chi connectivity index (χ4n) is 1.05. The van der Waals surface area contributed by atoms with Crippen LogP contribution in [0.3, 0.4) is 0 Å². The van der Waals surface area contributed by atoms with Crippen molar-refractivity contribution in [2.75, 3.05) is 5.43 Å². The average molecular weight is 269 g/mol. The molecular formula is C8H7N5O2S2. The molecule has 3 N–H and O–H groups in total. The molecule has 0 atom stereocenters. The third-order valence-electron chi connectivity index (χ3n) is 1.75. The Morgan fingerprint density at radius 2 is 2.41 bits per heavy atom. The molecule has 0 aromatic carbocycles. The second-order valence-corrected chi connectivity index (χ2v) is 5.06. The second kappa shape index (κ2) is 5.08. The van der Waals surface area contributed by atoms with Crippen LogP contribution in [0.1, 0.15) is 0 Å². The van der Waals surface area contributed by atoms with Gasteiger partial charge in [0.25, 0.3) is 0 Å². The Morgan fingerprint density at radius 1 is 1.59 bits per heavy atom. The molecule has 0 aliphatic rings. The fourth-order valence-corrected chi connectivity index (χ4v) is 2.79. The zero-order valence-electron chi connectivity index (χ0n) is 8.36. The molecule has 17 heavy (non-hydrogen) atoms. The van der Waals surface area contributed by atoms with Crippen LogP contribution < -0.4 is 11.3 Å². The van der Waals surface area contributed by atoms with Gasteiger partial charge in [-0.3, -0.25) is 15.5 Å². The lowest BCUT2D eigenvalue weighted by Crippen LogP contribution is -2.11. The predicted molar refractivity (Wildman–Crippen MR) is 64.9 cm³/mol. The number of nitrogens with zero attached hydrogens (tertiary/aromatic N) is 3. The van der Waals surface area contributed by atoms with E-state index in [4.69, 9.17) is 5.84 Å². The minimum Gasteiger partial charge on any atom is -0.292 e. The molecule has 0 radical (unpaired) electrons. The minimum absolute atomic E-state index is 0.137. The lowest BCUT2D eigenvalue weighted by Gasteiger charge is -2.02. The van der Waals surface area contributed by atoms with Crippen LogP contribution in [0.15, 0.2) is 32.9 Å². The Bertz CT molecular complexity index is 531. The normalized spacial score (nSPS) is 10.2. The molecule has 0 spiro atoms. The van der Waals surface area contributed by atoms with E-state index in [-0.39, 0.29) is 16.7 Å². The lowest BCUT2D eigenvalue weighted by atomic mass is 10.5. The van der Waals surface area contributed by atoms with Crippen LogP contribution in [-0.4, -0.2) is 14.9 Å². The van der Waals surface area contributed by atoms with Crippen molar-refractivity contribution < 1.29 is 4.92 Å². The fraction of sp³-hybridized carbons (Fsp3) is 0. The molecule has 0 amide bonds. The summed E-state index contributed by atoms with van der Waals surface area (Å²) in [6, 6.07) is 3.72. The third kappa shape index (κ3) is 2.70. The van der Waals surface area contributed by atoms with E-state index in [1.807, 2.05) is 17.5 Å². The van der Waals surface area contributed by atoms with Gasteiger partial charge in [0.2, 0.25) is 5.95 Å². The molecule has 0 bridgehead atoms. The Morgan fingerprint density at radius 3 is 3.00 bits per heavy atom. The lowest BCUT2D eigenvalue weighted by molar-refractivity contribution is -0.388. The maximum absolute atomic E-state index is 10.8. The van der Waals surface area contributed by atoms with Gasteiger partial charge in [0, 0.05) is 0 Å². The number of nitro groups is 1. The highest BCUT2D eigenvalue weighted by Gasteiger charge is 2.18. The zero-order valence-corrected chi connectivity index (χ0v) is 9.99. The summed E-state index contributed by atoms with van der Waals surface area (Å²) >= 11 is 2.69. The highest BCUT2D eigenvalue weighted by Crippen LogP contribution is 2.35. The summed E-state index contributed by atoms with van der Waals surface area (Å²) in [4.78, 5) is 18.0. The summed E-state index contributed by atoms with van der Waals surface area (Å²) < 4.78 is 0.912. The van der Waals surface area contributed by atoms with Crippen LogP contribution in [0.2, 0.25) is 0 Å². The summed E-state index contributed by atoms with van der Waals surface area (Å²) in [5.74, 6) is 5.31. The van der Waals surface area contributed by atoms with Crippen molar-refractivity contribution in [1.29, 1.82) is 0 Å². The maximum Gasteiger partial charge on any atom is 0.320 e. The standard InChI is InChI=1S/C8H7N5O2S2/c9-12-8-10-4-5(13(14)15)7(11-8)17-6-2-1-3-16-6/h1-4H,9H2,(H,10,11,12). The van der Waals surface area contributed by atoms with Gasteiger partial charge in [-0.25, -0.2) is 10.8 Å². The van der Waals surface area contributed by atoms with Crippen molar-refractivity contribution in [3.8, 4) is 0 Å². The first-order chi connectivity index (χ1) is 8.20. The first-order valence-electron chi connectivity index (χ1n) is 4.40. The summed E-state index contributed by atoms with van der Waals surface area (Å²) in [5.41, 5.74) is 2.12. The van der Waals surface area contributed by atoms with Crippen molar-refractivity contribution >= 4 is 34.7 Å². The quantitative estimate of drug-likeness (QED) is 0.377. The topological polar surface area (TPSA) is 107 Å². The van der Waals surface area contributed by atoms with Crippen molar-refractivity contribution in [1.82, 2.24) is 9.97 Å². The molecule has 2 aromatic heterocycles. The van der Waals surface area contributed by atoms with Gasteiger partial charge in [-0.1, -0.05) is 17.8 Å². The molecule has 0 aliphatic carbocycles. The molecule has 9 heteroatoms. The van der Waals surface area contributed by atoms with E-state index in [9.17, 15) is 10.1 Å². The molecule has 7 nitrogen and oxygen atoms in total. The highest BCUT2D eigenvalue weighted by atomic mass is 32.2. The maximum atomic E-state index is 10.8. The van der Waals surface area contributed by atoms with Gasteiger partial charge < -0.3 is 0 Å². The van der Waals surface area contributed by atoms with E-state index in [0.29, 0.717) is 0 Å². The van der Waals surface area contributed by atoms with Gasteiger partial charge in [-0.05, 0) is 11.4 Å². The van der Waals surface area contributed by atoms with Crippen LogP contribution in [0, 0.1) is 10.1 Å². The molecule has 88 valence electrons. The first-order valence-corrected chi connectivity index (χ1v) is 6.09. The van der Waals surface area contributed by atoms with Crippen LogP contribution in [0.5, 0.6) is 0 Å². The van der Waals surface area contributed by atoms with E-state index in [1.165, 1.54) is 23.1 Å². The van der Waals surface area contributed by atoms with E-state index in [1.54, 1.807) is 0 Å². The predicted octanol–water partition coefficient (Wildman–Crippen LogP) is 1.88. The van der Waals surface area contributed by atoms with Crippen molar-refractivity contribution in [3.63, 3.8) is 0 Å². The molecule has 0 unspecified atom stereocenters. The molecular weight excluding hydrogens is 262 g/mol. The average Bonchev–Trinajstić information content (AvgIpc) is 2.81. The summed E-state index contributed by atoms with van der Waals surface area (Å²) in [5, 5.41) is 13.0. The van der Waals surface area contributed by atoms with Crippen molar-refractivity contribution in [2.45, 2.75) is 9.24 Å². The monoisotopic (exact) mass is 269 g/mol. The van der Waals surface area contributed by atoms with Crippen LogP contribution in [0.25, 0.3) is 0 Å². The summed E-state index contributed by atoms with van der Waals surface area (Å²) in [6.45, 7) is 0. The van der Waals surface area contributed by atoms with Gasteiger partial charge in [0.15, 0.2) is 5.03 Å². The Balaban J connectivity index is 2.38. The summed E-state index contributed by atoms with van der Waals surface area (Å²) in [7, 11) is 0. The largest absolute Gasteiger partial charge is 0.320 e. The number of anilines is 1.